The van der Waals surface area contributed by atoms with E-state index in [9.17, 15) is 4.79 Å². The molecule has 88 valence electrons. The first-order chi connectivity index (χ1) is 7.07. The van der Waals surface area contributed by atoms with Gasteiger partial charge in [-0.05, 0) is 19.9 Å². The number of carbonyl (C=O) groups excluding carboxylic acids is 1. The minimum Gasteiger partial charge on any atom is -0.375 e. The Labute approximate surface area is 91.9 Å². The Morgan fingerprint density at radius 2 is 2.27 bits per heavy atom. The molecular formula is C11H22N2O2. The third kappa shape index (κ3) is 8.15. The SMILES string of the molecule is C=C(C)COCCNC(=O)C(C)CCN. The summed E-state index contributed by atoms with van der Waals surface area (Å²) >= 11 is 0. The molecule has 0 fully saturated rings. The zero-order chi connectivity index (χ0) is 11.7. The van der Waals surface area contributed by atoms with E-state index in [1.807, 2.05) is 13.8 Å². The van der Waals surface area contributed by atoms with Gasteiger partial charge < -0.3 is 15.8 Å². The molecule has 0 saturated carbocycles. The molecule has 0 aliphatic carbocycles. The van der Waals surface area contributed by atoms with Gasteiger partial charge in [0.15, 0.2) is 0 Å². The van der Waals surface area contributed by atoms with Gasteiger partial charge in [0.1, 0.15) is 0 Å². The van der Waals surface area contributed by atoms with Gasteiger partial charge in [0.25, 0.3) is 0 Å². The van der Waals surface area contributed by atoms with E-state index in [4.69, 9.17) is 10.5 Å². The van der Waals surface area contributed by atoms with Gasteiger partial charge in [-0.3, -0.25) is 4.79 Å². The number of nitrogens with two attached hydrogens (primary N) is 1. The monoisotopic (exact) mass is 214 g/mol. The van der Waals surface area contributed by atoms with Crippen molar-refractivity contribution in [3.8, 4) is 0 Å². The summed E-state index contributed by atoms with van der Waals surface area (Å²) < 4.78 is 5.25. The molecule has 15 heavy (non-hydrogen) atoms. The van der Waals surface area contributed by atoms with Gasteiger partial charge in [-0.2, -0.15) is 0 Å². The van der Waals surface area contributed by atoms with Crippen molar-refractivity contribution in [1.82, 2.24) is 5.32 Å². The van der Waals surface area contributed by atoms with Gasteiger partial charge in [-0.15, -0.1) is 0 Å². The summed E-state index contributed by atoms with van der Waals surface area (Å²) in [5.41, 5.74) is 6.35. The van der Waals surface area contributed by atoms with Crippen molar-refractivity contribution >= 4 is 5.91 Å². The van der Waals surface area contributed by atoms with Crippen LogP contribution < -0.4 is 11.1 Å². The summed E-state index contributed by atoms with van der Waals surface area (Å²) in [7, 11) is 0. The minimum atomic E-state index is -0.0175. The Bertz CT molecular complexity index is 205. The molecular weight excluding hydrogens is 192 g/mol. The highest BCUT2D eigenvalue weighted by molar-refractivity contribution is 5.78. The topological polar surface area (TPSA) is 64.3 Å². The Kier molecular flexibility index (Phi) is 7.95. The molecule has 1 amide bonds. The molecule has 0 aliphatic rings. The Morgan fingerprint density at radius 3 is 2.80 bits per heavy atom. The highest BCUT2D eigenvalue weighted by Gasteiger charge is 2.10. The van der Waals surface area contributed by atoms with Gasteiger partial charge in [0, 0.05) is 12.5 Å². The van der Waals surface area contributed by atoms with E-state index >= 15 is 0 Å². The summed E-state index contributed by atoms with van der Waals surface area (Å²) in [5, 5.41) is 2.79. The lowest BCUT2D eigenvalue weighted by atomic mass is 10.1. The van der Waals surface area contributed by atoms with Crippen LogP contribution in [-0.4, -0.2) is 32.2 Å². The van der Waals surface area contributed by atoms with Crippen LogP contribution in [0.1, 0.15) is 20.3 Å². The van der Waals surface area contributed by atoms with Crippen LogP contribution in [0.15, 0.2) is 12.2 Å². The van der Waals surface area contributed by atoms with Crippen LogP contribution in [0, 0.1) is 5.92 Å². The smallest absolute Gasteiger partial charge is 0.222 e. The molecule has 4 heteroatoms. The number of carbonyl (C=O) groups is 1. The molecule has 1 unspecified atom stereocenters. The van der Waals surface area contributed by atoms with E-state index in [0.717, 1.165) is 12.0 Å². The zero-order valence-electron chi connectivity index (χ0n) is 9.71. The number of hydrogen-bond acceptors (Lipinski definition) is 3. The Balaban J connectivity index is 3.42. The molecule has 0 aromatic carbocycles. The first kappa shape index (κ1) is 14.1. The largest absolute Gasteiger partial charge is 0.375 e. The molecule has 0 bridgehead atoms. The van der Waals surface area contributed by atoms with Crippen LogP contribution in [-0.2, 0) is 9.53 Å². The van der Waals surface area contributed by atoms with Gasteiger partial charge in [0.2, 0.25) is 5.91 Å². The molecule has 0 aromatic rings. The number of amides is 1. The van der Waals surface area contributed by atoms with Crippen molar-refractivity contribution in [2.75, 3.05) is 26.3 Å². The maximum absolute atomic E-state index is 11.4. The number of nitrogens with one attached hydrogen (secondary N) is 1. The second-order valence-electron chi connectivity index (χ2n) is 3.78. The summed E-state index contributed by atoms with van der Waals surface area (Å²) in [6.07, 6.45) is 0.721. The fraction of sp³-hybridized carbons (Fsp3) is 0.727. The maximum atomic E-state index is 11.4. The molecule has 0 spiro atoms. The molecule has 1 atom stereocenters. The maximum Gasteiger partial charge on any atom is 0.222 e. The number of hydrogen-bond donors (Lipinski definition) is 2. The van der Waals surface area contributed by atoms with E-state index in [1.165, 1.54) is 0 Å². The fourth-order valence-electron chi connectivity index (χ4n) is 1.05. The van der Waals surface area contributed by atoms with Crippen molar-refractivity contribution in [3.63, 3.8) is 0 Å². The van der Waals surface area contributed by atoms with Crippen LogP contribution in [0.4, 0.5) is 0 Å². The molecule has 4 nitrogen and oxygen atoms in total. The molecule has 3 N–H and O–H groups in total. The van der Waals surface area contributed by atoms with E-state index in [-0.39, 0.29) is 11.8 Å². The van der Waals surface area contributed by atoms with Crippen LogP contribution >= 0.6 is 0 Å². The highest BCUT2D eigenvalue weighted by Crippen LogP contribution is 1.98. The highest BCUT2D eigenvalue weighted by atomic mass is 16.5. The van der Waals surface area contributed by atoms with E-state index in [1.54, 1.807) is 0 Å². The first-order valence-electron chi connectivity index (χ1n) is 5.27. The van der Waals surface area contributed by atoms with E-state index < -0.39 is 0 Å². The lowest BCUT2D eigenvalue weighted by Gasteiger charge is -2.11. The van der Waals surface area contributed by atoms with E-state index in [0.29, 0.717) is 26.3 Å². The van der Waals surface area contributed by atoms with Crippen molar-refractivity contribution in [2.45, 2.75) is 20.3 Å². The predicted molar refractivity (Wildman–Crippen MR) is 61.5 cm³/mol. The lowest BCUT2D eigenvalue weighted by Crippen LogP contribution is -2.32. The summed E-state index contributed by atoms with van der Waals surface area (Å²) in [6, 6.07) is 0. The molecule has 0 rings (SSSR count). The third-order valence-electron chi connectivity index (χ3n) is 1.94. The normalized spacial score (nSPS) is 12.2. The molecule has 0 aliphatic heterocycles. The fourth-order valence-corrected chi connectivity index (χ4v) is 1.05. The second kappa shape index (κ2) is 8.44. The zero-order valence-corrected chi connectivity index (χ0v) is 9.71. The van der Waals surface area contributed by atoms with Gasteiger partial charge in [-0.1, -0.05) is 19.1 Å². The summed E-state index contributed by atoms with van der Waals surface area (Å²) in [4.78, 5) is 11.4. The Morgan fingerprint density at radius 1 is 1.60 bits per heavy atom. The lowest BCUT2D eigenvalue weighted by molar-refractivity contribution is -0.124. The average molecular weight is 214 g/mol. The standard InChI is InChI=1S/C11H22N2O2/c1-9(2)8-15-7-6-13-11(14)10(3)4-5-12/h10H,1,4-8,12H2,2-3H3,(H,13,14). The Hall–Kier alpha value is -0.870. The van der Waals surface area contributed by atoms with Crippen LogP contribution in [0.2, 0.25) is 0 Å². The van der Waals surface area contributed by atoms with Crippen LogP contribution in [0.5, 0.6) is 0 Å². The van der Waals surface area contributed by atoms with Crippen LogP contribution in [0.3, 0.4) is 0 Å². The quantitative estimate of drug-likeness (QED) is 0.461. The third-order valence-corrected chi connectivity index (χ3v) is 1.94. The number of rotatable bonds is 8. The molecule has 0 heterocycles. The van der Waals surface area contributed by atoms with Crippen molar-refractivity contribution in [1.29, 1.82) is 0 Å². The first-order valence-corrected chi connectivity index (χ1v) is 5.27. The van der Waals surface area contributed by atoms with Crippen molar-refractivity contribution < 1.29 is 9.53 Å². The van der Waals surface area contributed by atoms with Gasteiger partial charge in [-0.25, -0.2) is 0 Å². The van der Waals surface area contributed by atoms with Gasteiger partial charge >= 0.3 is 0 Å². The predicted octanol–water partition coefficient (Wildman–Crippen LogP) is 0.680. The van der Waals surface area contributed by atoms with Crippen LogP contribution in [0.25, 0.3) is 0 Å². The molecule has 0 radical (unpaired) electrons. The average Bonchev–Trinajstić information content (AvgIpc) is 2.16. The summed E-state index contributed by atoms with van der Waals surface area (Å²) in [5.74, 6) is 0.0236. The van der Waals surface area contributed by atoms with Gasteiger partial charge in [0.05, 0.1) is 13.2 Å². The minimum absolute atomic E-state index is 0.0175. The number of ether oxygens (including phenoxy) is 1. The van der Waals surface area contributed by atoms with Crippen molar-refractivity contribution in [2.24, 2.45) is 11.7 Å². The van der Waals surface area contributed by atoms with E-state index in [2.05, 4.69) is 11.9 Å². The molecule has 0 aromatic heterocycles. The second-order valence-corrected chi connectivity index (χ2v) is 3.78. The molecule has 0 saturated heterocycles. The summed E-state index contributed by atoms with van der Waals surface area (Å²) in [6.45, 7) is 9.65. The van der Waals surface area contributed by atoms with Crippen molar-refractivity contribution in [3.05, 3.63) is 12.2 Å².